The first kappa shape index (κ1) is 13.0. The predicted octanol–water partition coefficient (Wildman–Crippen LogP) is 2.48. The van der Waals surface area contributed by atoms with Crippen LogP contribution in [0.15, 0.2) is 29.2 Å². The number of pyridine rings is 1. The fourth-order valence-electron chi connectivity index (χ4n) is 1.62. The van der Waals surface area contributed by atoms with Crippen LogP contribution in [0.4, 0.5) is 5.69 Å². The highest BCUT2D eigenvalue weighted by molar-refractivity contribution is 7.99. The van der Waals surface area contributed by atoms with E-state index in [0.29, 0.717) is 21.8 Å². The zero-order valence-electron chi connectivity index (χ0n) is 9.62. The molecule has 0 aliphatic carbocycles. The van der Waals surface area contributed by atoms with Crippen LogP contribution < -0.4 is 10.9 Å². The van der Waals surface area contributed by atoms with E-state index in [1.54, 1.807) is 24.4 Å². The number of H-pyrrole nitrogens is 1. The van der Waals surface area contributed by atoms with Crippen LogP contribution in [0.25, 0.3) is 10.8 Å². The Morgan fingerprint density at radius 3 is 3.00 bits per heavy atom. The number of rotatable bonds is 3. The molecule has 1 amide bonds. The molecule has 0 bridgehead atoms. The number of benzene rings is 1. The highest BCUT2D eigenvalue weighted by atomic mass is 35.5. The van der Waals surface area contributed by atoms with Gasteiger partial charge < -0.3 is 10.3 Å². The van der Waals surface area contributed by atoms with Crippen molar-refractivity contribution in [2.45, 2.75) is 0 Å². The van der Waals surface area contributed by atoms with Gasteiger partial charge in [0.25, 0.3) is 5.56 Å². The van der Waals surface area contributed by atoms with Crippen molar-refractivity contribution in [2.24, 2.45) is 0 Å². The van der Waals surface area contributed by atoms with Crippen molar-refractivity contribution in [1.82, 2.24) is 4.98 Å². The molecule has 1 aromatic heterocycles. The number of thioether (sulfide) groups is 1. The predicted molar refractivity (Wildman–Crippen MR) is 76.6 cm³/mol. The van der Waals surface area contributed by atoms with E-state index in [1.807, 2.05) is 6.26 Å². The van der Waals surface area contributed by atoms with Crippen molar-refractivity contribution in [3.8, 4) is 0 Å². The first-order valence-electron chi connectivity index (χ1n) is 5.21. The zero-order chi connectivity index (χ0) is 13.1. The number of carbonyl (C=O) groups excluding carboxylic acids is 1. The summed E-state index contributed by atoms with van der Waals surface area (Å²) in [4.78, 5) is 25.6. The molecule has 18 heavy (non-hydrogen) atoms. The Bertz CT molecular complexity index is 654. The Hall–Kier alpha value is -1.46. The van der Waals surface area contributed by atoms with Crippen LogP contribution in [0.2, 0.25) is 5.02 Å². The number of aromatic nitrogens is 1. The number of anilines is 1. The van der Waals surface area contributed by atoms with E-state index in [9.17, 15) is 9.59 Å². The van der Waals surface area contributed by atoms with E-state index in [2.05, 4.69) is 10.3 Å². The van der Waals surface area contributed by atoms with Crippen LogP contribution in [0.5, 0.6) is 0 Å². The number of fused-ring (bicyclic) bond motifs is 1. The van der Waals surface area contributed by atoms with Gasteiger partial charge in [-0.15, -0.1) is 0 Å². The van der Waals surface area contributed by atoms with Gasteiger partial charge in [-0.25, -0.2) is 0 Å². The molecular formula is C12H11ClN2O2S. The minimum atomic E-state index is -0.198. The molecule has 2 rings (SSSR count). The van der Waals surface area contributed by atoms with Crippen molar-refractivity contribution in [1.29, 1.82) is 0 Å². The topological polar surface area (TPSA) is 62.0 Å². The lowest BCUT2D eigenvalue weighted by Crippen LogP contribution is -2.14. The van der Waals surface area contributed by atoms with Crippen LogP contribution in [-0.4, -0.2) is 22.9 Å². The van der Waals surface area contributed by atoms with Crippen LogP contribution in [-0.2, 0) is 4.79 Å². The number of nitrogens with one attached hydrogen (secondary N) is 2. The Labute approximate surface area is 113 Å². The van der Waals surface area contributed by atoms with E-state index >= 15 is 0 Å². The molecule has 0 aliphatic heterocycles. The second-order valence-electron chi connectivity index (χ2n) is 3.71. The van der Waals surface area contributed by atoms with E-state index in [-0.39, 0.29) is 11.5 Å². The lowest BCUT2D eigenvalue weighted by atomic mass is 10.1. The summed E-state index contributed by atoms with van der Waals surface area (Å²) in [7, 11) is 0. The van der Waals surface area contributed by atoms with Gasteiger partial charge in [-0.2, -0.15) is 11.8 Å². The van der Waals surface area contributed by atoms with Crippen molar-refractivity contribution in [3.05, 3.63) is 39.8 Å². The molecule has 2 aromatic rings. The molecule has 0 spiro atoms. The molecule has 0 saturated heterocycles. The SMILES string of the molecule is CSCC(=O)Nc1cc2cc[nH]c(=O)c2cc1Cl. The van der Waals surface area contributed by atoms with E-state index in [1.165, 1.54) is 11.8 Å². The number of aromatic amines is 1. The van der Waals surface area contributed by atoms with Gasteiger partial charge in [0.05, 0.1) is 16.5 Å². The third-order valence-corrected chi connectivity index (χ3v) is 3.27. The fourth-order valence-corrected chi connectivity index (χ4v) is 2.17. The normalized spacial score (nSPS) is 10.6. The van der Waals surface area contributed by atoms with Crippen LogP contribution in [0.3, 0.4) is 0 Å². The second kappa shape index (κ2) is 5.46. The second-order valence-corrected chi connectivity index (χ2v) is 4.98. The molecule has 0 aliphatic rings. The molecule has 2 N–H and O–H groups in total. The molecular weight excluding hydrogens is 272 g/mol. The number of hydrogen-bond donors (Lipinski definition) is 2. The lowest BCUT2D eigenvalue weighted by Gasteiger charge is -2.08. The third kappa shape index (κ3) is 2.68. The van der Waals surface area contributed by atoms with Crippen molar-refractivity contribution in [2.75, 3.05) is 17.3 Å². The fraction of sp³-hybridized carbons (Fsp3) is 0.167. The molecule has 6 heteroatoms. The summed E-state index contributed by atoms with van der Waals surface area (Å²) in [5.74, 6) is 0.248. The largest absolute Gasteiger partial charge is 0.329 e. The summed E-state index contributed by atoms with van der Waals surface area (Å²) in [5, 5.41) is 4.32. The molecule has 0 unspecified atom stereocenters. The Morgan fingerprint density at radius 2 is 2.28 bits per heavy atom. The number of carbonyl (C=O) groups is 1. The molecule has 1 aromatic carbocycles. The molecule has 0 atom stereocenters. The minimum Gasteiger partial charge on any atom is -0.329 e. The zero-order valence-corrected chi connectivity index (χ0v) is 11.2. The van der Waals surface area contributed by atoms with Crippen LogP contribution in [0.1, 0.15) is 0 Å². The van der Waals surface area contributed by atoms with E-state index < -0.39 is 0 Å². The van der Waals surface area contributed by atoms with Crippen LogP contribution >= 0.6 is 23.4 Å². The van der Waals surface area contributed by atoms with Crippen molar-refractivity contribution >= 4 is 45.7 Å². The molecule has 0 saturated carbocycles. The third-order valence-electron chi connectivity index (χ3n) is 2.41. The van der Waals surface area contributed by atoms with E-state index in [0.717, 1.165) is 5.39 Å². The summed E-state index contributed by atoms with van der Waals surface area (Å²) < 4.78 is 0. The van der Waals surface area contributed by atoms with Crippen LogP contribution in [0, 0.1) is 0 Å². The average Bonchev–Trinajstić information content (AvgIpc) is 2.32. The first-order valence-corrected chi connectivity index (χ1v) is 6.98. The molecule has 1 heterocycles. The molecule has 4 nitrogen and oxygen atoms in total. The summed E-state index contributed by atoms with van der Waals surface area (Å²) in [6.45, 7) is 0. The van der Waals surface area contributed by atoms with Gasteiger partial charge in [-0.1, -0.05) is 11.6 Å². The maximum absolute atomic E-state index is 11.6. The molecule has 94 valence electrons. The van der Waals surface area contributed by atoms with Gasteiger partial charge in [0.15, 0.2) is 0 Å². The van der Waals surface area contributed by atoms with Gasteiger partial charge in [-0.3, -0.25) is 9.59 Å². The minimum absolute atomic E-state index is 0.117. The number of hydrogen-bond acceptors (Lipinski definition) is 3. The summed E-state index contributed by atoms with van der Waals surface area (Å²) in [6, 6.07) is 5.02. The summed E-state index contributed by atoms with van der Waals surface area (Å²) in [6.07, 6.45) is 3.41. The standard InChI is InChI=1S/C12H11ClN2O2S/c1-18-6-11(16)15-10-4-7-2-3-14-12(17)8(7)5-9(10)13/h2-5H,6H2,1H3,(H,14,17)(H,15,16). The number of amides is 1. The number of halogens is 1. The maximum atomic E-state index is 11.6. The van der Waals surface area contributed by atoms with Crippen molar-refractivity contribution < 1.29 is 4.79 Å². The highest BCUT2D eigenvalue weighted by Gasteiger charge is 2.08. The van der Waals surface area contributed by atoms with E-state index in [4.69, 9.17) is 11.6 Å². The lowest BCUT2D eigenvalue weighted by molar-refractivity contribution is -0.113. The van der Waals surface area contributed by atoms with Gasteiger partial charge in [0.2, 0.25) is 5.91 Å². The smallest absolute Gasteiger partial charge is 0.255 e. The quantitative estimate of drug-likeness (QED) is 0.909. The summed E-state index contributed by atoms with van der Waals surface area (Å²) >= 11 is 7.48. The van der Waals surface area contributed by atoms with Crippen molar-refractivity contribution in [3.63, 3.8) is 0 Å². The first-order chi connectivity index (χ1) is 8.61. The Balaban J connectivity index is 2.44. The Morgan fingerprint density at radius 1 is 1.50 bits per heavy atom. The Kier molecular flexibility index (Phi) is 3.93. The summed E-state index contributed by atoms with van der Waals surface area (Å²) in [5.41, 5.74) is 0.324. The molecule has 0 fully saturated rings. The maximum Gasteiger partial charge on any atom is 0.255 e. The average molecular weight is 283 g/mol. The van der Waals surface area contributed by atoms with Gasteiger partial charge in [0.1, 0.15) is 0 Å². The van der Waals surface area contributed by atoms with Gasteiger partial charge in [0, 0.05) is 11.6 Å². The van der Waals surface area contributed by atoms with Gasteiger partial charge in [-0.05, 0) is 29.8 Å². The molecule has 0 radical (unpaired) electrons. The monoisotopic (exact) mass is 282 g/mol. The van der Waals surface area contributed by atoms with Gasteiger partial charge >= 0.3 is 0 Å². The highest BCUT2D eigenvalue weighted by Crippen LogP contribution is 2.26.